The topological polar surface area (TPSA) is 84.9 Å². The van der Waals surface area contributed by atoms with Gasteiger partial charge in [0.15, 0.2) is 5.65 Å². The van der Waals surface area contributed by atoms with Gasteiger partial charge >= 0.3 is 0 Å². The highest BCUT2D eigenvalue weighted by molar-refractivity contribution is 5.86. The molecule has 0 bridgehead atoms. The third-order valence-electron chi connectivity index (χ3n) is 3.92. The van der Waals surface area contributed by atoms with Gasteiger partial charge in [0, 0.05) is 20.1 Å². The van der Waals surface area contributed by atoms with E-state index in [2.05, 4.69) is 56.6 Å². The van der Waals surface area contributed by atoms with E-state index in [-0.39, 0.29) is 0 Å². The van der Waals surface area contributed by atoms with Crippen molar-refractivity contribution in [2.75, 3.05) is 31.2 Å². The zero-order chi connectivity index (χ0) is 16.9. The van der Waals surface area contributed by atoms with Gasteiger partial charge in [-0.25, -0.2) is 0 Å². The first-order valence-corrected chi connectivity index (χ1v) is 8.05. The van der Waals surface area contributed by atoms with Crippen LogP contribution in [0.25, 0.3) is 11.0 Å². The molecule has 0 saturated carbocycles. The lowest BCUT2D eigenvalue weighted by atomic mass is 10.2. The molecule has 3 aromatic rings. The van der Waals surface area contributed by atoms with E-state index in [1.807, 2.05) is 13.1 Å². The van der Waals surface area contributed by atoms with Crippen LogP contribution in [0.2, 0.25) is 0 Å². The lowest BCUT2D eigenvalue weighted by Gasteiger charge is -2.16. The van der Waals surface area contributed by atoms with E-state index in [0.717, 1.165) is 37.1 Å². The average Bonchev–Trinajstić information content (AvgIpc) is 2.94. The second-order valence-corrected chi connectivity index (χ2v) is 5.94. The SMILES string of the molecule is CN(CCCNc1nc(N)c2cnn(C)c2n1)Cc1ccccc1. The normalized spacial score (nSPS) is 11.3. The number of fused-ring (bicyclic) bond motifs is 1. The van der Waals surface area contributed by atoms with Crippen LogP contribution in [-0.4, -0.2) is 44.8 Å². The predicted molar refractivity (Wildman–Crippen MR) is 96.6 cm³/mol. The largest absolute Gasteiger partial charge is 0.383 e. The number of nitrogens with one attached hydrogen (secondary N) is 1. The molecule has 0 aliphatic rings. The minimum absolute atomic E-state index is 0.455. The van der Waals surface area contributed by atoms with Gasteiger partial charge in [-0.2, -0.15) is 15.1 Å². The molecule has 0 radical (unpaired) electrons. The van der Waals surface area contributed by atoms with Gasteiger partial charge in [-0.1, -0.05) is 30.3 Å². The molecule has 126 valence electrons. The summed E-state index contributed by atoms with van der Waals surface area (Å²) in [6, 6.07) is 10.5. The lowest BCUT2D eigenvalue weighted by Crippen LogP contribution is -2.21. The predicted octanol–water partition coefficient (Wildman–Crippen LogP) is 1.88. The molecule has 0 saturated heterocycles. The van der Waals surface area contributed by atoms with Crippen molar-refractivity contribution in [2.45, 2.75) is 13.0 Å². The Balaban J connectivity index is 1.49. The number of aryl methyl sites for hydroxylation is 1. The molecule has 7 heteroatoms. The van der Waals surface area contributed by atoms with Gasteiger partial charge in [0.1, 0.15) is 5.82 Å². The first kappa shape index (κ1) is 16.2. The fourth-order valence-corrected chi connectivity index (χ4v) is 2.65. The zero-order valence-corrected chi connectivity index (χ0v) is 14.1. The molecular weight excluding hydrogens is 302 g/mol. The number of benzene rings is 1. The molecule has 24 heavy (non-hydrogen) atoms. The quantitative estimate of drug-likeness (QED) is 0.645. The summed E-state index contributed by atoms with van der Waals surface area (Å²) in [6.07, 6.45) is 2.68. The van der Waals surface area contributed by atoms with Crippen molar-refractivity contribution < 1.29 is 0 Å². The Bertz CT molecular complexity index is 797. The van der Waals surface area contributed by atoms with Crippen LogP contribution in [0.15, 0.2) is 36.5 Å². The van der Waals surface area contributed by atoms with Gasteiger partial charge < -0.3 is 16.0 Å². The molecule has 0 atom stereocenters. The summed E-state index contributed by atoms with van der Waals surface area (Å²) in [5, 5.41) is 8.18. The molecule has 0 aliphatic carbocycles. The molecule has 0 amide bonds. The van der Waals surface area contributed by atoms with Crippen LogP contribution in [0.3, 0.4) is 0 Å². The number of nitrogens with zero attached hydrogens (tertiary/aromatic N) is 5. The first-order valence-electron chi connectivity index (χ1n) is 8.05. The van der Waals surface area contributed by atoms with Gasteiger partial charge in [-0.3, -0.25) is 4.68 Å². The molecule has 1 aromatic carbocycles. The molecule has 3 N–H and O–H groups in total. The van der Waals surface area contributed by atoms with Gasteiger partial charge in [0.25, 0.3) is 0 Å². The summed E-state index contributed by atoms with van der Waals surface area (Å²) in [6.45, 7) is 2.73. The van der Waals surface area contributed by atoms with E-state index in [1.54, 1.807) is 10.9 Å². The number of hydrogen-bond acceptors (Lipinski definition) is 6. The maximum atomic E-state index is 5.96. The van der Waals surface area contributed by atoms with Crippen molar-refractivity contribution in [1.29, 1.82) is 0 Å². The maximum Gasteiger partial charge on any atom is 0.226 e. The average molecular weight is 325 g/mol. The van der Waals surface area contributed by atoms with E-state index in [0.29, 0.717) is 11.8 Å². The van der Waals surface area contributed by atoms with Crippen molar-refractivity contribution in [1.82, 2.24) is 24.6 Å². The Morgan fingerprint density at radius 2 is 2.00 bits per heavy atom. The van der Waals surface area contributed by atoms with Gasteiger partial charge in [0.05, 0.1) is 11.6 Å². The van der Waals surface area contributed by atoms with Crippen molar-refractivity contribution >= 4 is 22.8 Å². The highest BCUT2D eigenvalue weighted by Crippen LogP contribution is 2.18. The minimum Gasteiger partial charge on any atom is -0.383 e. The molecule has 0 fully saturated rings. The van der Waals surface area contributed by atoms with Crippen LogP contribution in [0.4, 0.5) is 11.8 Å². The van der Waals surface area contributed by atoms with E-state index in [9.17, 15) is 0 Å². The summed E-state index contributed by atoms with van der Waals surface area (Å²) < 4.78 is 1.70. The molecule has 7 nitrogen and oxygen atoms in total. The molecule has 0 spiro atoms. The number of nitrogen functional groups attached to an aromatic ring is 1. The van der Waals surface area contributed by atoms with Crippen LogP contribution >= 0.6 is 0 Å². The Labute approximate surface area is 141 Å². The molecule has 2 heterocycles. The van der Waals surface area contributed by atoms with Crippen LogP contribution in [-0.2, 0) is 13.6 Å². The number of anilines is 2. The van der Waals surface area contributed by atoms with Crippen molar-refractivity contribution in [3.05, 3.63) is 42.1 Å². The second-order valence-electron chi connectivity index (χ2n) is 5.94. The van der Waals surface area contributed by atoms with Crippen LogP contribution in [0.5, 0.6) is 0 Å². The van der Waals surface area contributed by atoms with E-state index < -0.39 is 0 Å². The fraction of sp³-hybridized carbons (Fsp3) is 0.353. The van der Waals surface area contributed by atoms with Crippen molar-refractivity contribution in [2.24, 2.45) is 7.05 Å². The van der Waals surface area contributed by atoms with Gasteiger partial charge in [-0.05, 0) is 25.6 Å². The monoisotopic (exact) mass is 325 g/mol. The number of rotatable bonds is 7. The number of aromatic nitrogens is 4. The van der Waals surface area contributed by atoms with Gasteiger partial charge in [-0.15, -0.1) is 0 Å². The smallest absolute Gasteiger partial charge is 0.226 e. The lowest BCUT2D eigenvalue weighted by molar-refractivity contribution is 0.325. The Morgan fingerprint density at radius 1 is 1.21 bits per heavy atom. The second kappa shape index (κ2) is 7.27. The first-order chi connectivity index (χ1) is 11.6. The standard InChI is InChI=1S/C17H23N7/c1-23(12-13-7-4-3-5-8-13)10-6-9-19-17-21-15(18)14-11-20-24(2)16(14)22-17/h3-5,7-8,11H,6,9-10,12H2,1-2H3,(H3,18,19,21,22). The summed E-state index contributed by atoms with van der Waals surface area (Å²) in [4.78, 5) is 11.1. The van der Waals surface area contributed by atoms with Crippen LogP contribution in [0, 0.1) is 0 Å². The maximum absolute atomic E-state index is 5.96. The summed E-state index contributed by atoms with van der Waals surface area (Å²) in [7, 11) is 3.97. The van der Waals surface area contributed by atoms with Crippen LogP contribution < -0.4 is 11.1 Å². The van der Waals surface area contributed by atoms with Crippen molar-refractivity contribution in [3.63, 3.8) is 0 Å². The molecule has 2 aromatic heterocycles. The highest BCUT2D eigenvalue weighted by Gasteiger charge is 2.08. The van der Waals surface area contributed by atoms with E-state index in [4.69, 9.17) is 5.73 Å². The highest BCUT2D eigenvalue weighted by atomic mass is 15.3. The Kier molecular flexibility index (Phi) is 4.90. The van der Waals surface area contributed by atoms with E-state index in [1.165, 1.54) is 5.56 Å². The third-order valence-corrected chi connectivity index (χ3v) is 3.92. The molecule has 3 rings (SSSR count). The molecular formula is C17H23N7. The number of hydrogen-bond donors (Lipinski definition) is 2. The Morgan fingerprint density at radius 3 is 2.79 bits per heavy atom. The fourth-order valence-electron chi connectivity index (χ4n) is 2.65. The zero-order valence-electron chi connectivity index (χ0n) is 14.1. The summed E-state index contributed by atoms with van der Waals surface area (Å²) >= 11 is 0. The van der Waals surface area contributed by atoms with E-state index >= 15 is 0 Å². The number of nitrogens with two attached hydrogens (primary N) is 1. The van der Waals surface area contributed by atoms with Gasteiger partial charge in [0.2, 0.25) is 5.95 Å². The molecule has 0 aliphatic heterocycles. The van der Waals surface area contributed by atoms with Crippen molar-refractivity contribution in [3.8, 4) is 0 Å². The molecule has 0 unspecified atom stereocenters. The summed E-state index contributed by atoms with van der Waals surface area (Å²) in [5.41, 5.74) is 8.02. The third kappa shape index (κ3) is 3.80. The summed E-state index contributed by atoms with van der Waals surface area (Å²) in [5.74, 6) is 1.01. The van der Waals surface area contributed by atoms with Crippen LogP contribution in [0.1, 0.15) is 12.0 Å². The Hall–Kier alpha value is -2.67. The minimum atomic E-state index is 0.455.